The zero-order chi connectivity index (χ0) is 13.0. The van der Waals surface area contributed by atoms with Gasteiger partial charge in [-0.1, -0.05) is 0 Å². The molecule has 0 radical (unpaired) electrons. The second-order valence-corrected chi connectivity index (χ2v) is 3.80. The standard InChI is InChI=1S/C11H14FN3O2/c1-14(2)10(16)7-15(3)11(17)8-4-5-13-6-9(8)12/h4-6H,7H2,1-3H3. The van der Waals surface area contributed by atoms with Gasteiger partial charge >= 0.3 is 0 Å². The molecule has 0 spiro atoms. The van der Waals surface area contributed by atoms with Crippen molar-refractivity contribution in [1.29, 1.82) is 0 Å². The first-order chi connectivity index (χ1) is 7.93. The lowest BCUT2D eigenvalue weighted by atomic mass is 10.2. The van der Waals surface area contributed by atoms with Crippen molar-refractivity contribution in [2.45, 2.75) is 0 Å². The van der Waals surface area contributed by atoms with E-state index in [4.69, 9.17) is 0 Å². The lowest BCUT2D eigenvalue weighted by Crippen LogP contribution is -2.38. The summed E-state index contributed by atoms with van der Waals surface area (Å²) in [6.07, 6.45) is 2.30. The molecule has 0 aromatic carbocycles. The number of nitrogens with zero attached hydrogens (tertiary/aromatic N) is 3. The third-order valence-electron chi connectivity index (χ3n) is 2.22. The van der Waals surface area contributed by atoms with Gasteiger partial charge in [-0.3, -0.25) is 14.6 Å². The van der Waals surface area contributed by atoms with Gasteiger partial charge in [0.05, 0.1) is 18.3 Å². The predicted octanol–water partition coefficient (Wildman–Crippen LogP) is 0.381. The Hall–Kier alpha value is -1.98. The number of pyridine rings is 1. The molecule has 0 N–H and O–H groups in total. The van der Waals surface area contributed by atoms with E-state index < -0.39 is 11.7 Å². The second kappa shape index (κ2) is 5.38. The summed E-state index contributed by atoms with van der Waals surface area (Å²) in [6.45, 7) is -0.0897. The third-order valence-corrected chi connectivity index (χ3v) is 2.22. The summed E-state index contributed by atoms with van der Waals surface area (Å²) in [5.41, 5.74) is -0.0888. The molecule has 1 aromatic heterocycles. The molecule has 2 amide bonds. The Morgan fingerprint density at radius 1 is 1.35 bits per heavy atom. The Morgan fingerprint density at radius 3 is 2.53 bits per heavy atom. The van der Waals surface area contributed by atoms with Crippen LogP contribution in [0.15, 0.2) is 18.5 Å². The van der Waals surface area contributed by atoms with E-state index >= 15 is 0 Å². The fraction of sp³-hybridized carbons (Fsp3) is 0.364. The minimum absolute atomic E-state index is 0.0888. The monoisotopic (exact) mass is 239 g/mol. The van der Waals surface area contributed by atoms with Gasteiger partial charge in [0.15, 0.2) is 5.82 Å². The lowest BCUT2D eigenvalue weighted by molar-refractivity contribution is -0.129. The molecule has 0 aliphatic rings. The fourth-order valence-electron chi connectivity index (χ4n) is 1.17. The van der Waals surface area contributed by atoms with Crippen LogP contribution in [0.2, 0.25) is 0 Å². The molecule has 17 heavy (non-hydrogen) atoms. The van der Waals surface area contributed by atoms with Gasteiger partial charge in [0.1, 0.15) is 0 Å². The number of likely N-dealkylation sites (N-methyl/N-ethyl adjacent to an activating group) is 2. The van der Waals surface area contributed by atoms with Crippen LogP contribution >= 0.6 is 0 Å². The van der Waals surface area contributed by atoms with Crippen molar-refractivity contribution < 1.29 is 14.0 Å². The molecule has 0 atom stereocenters. The van der Waals surface area contributed by atoms with Crippen molar-refractivity contribution in [3.63, 3.8) is 0 Å². The van der Waals surface area contributed by atoms with Crippen molar-refractivity contribution in [2.75, 3.05) is 27.7 Å². The van der Waals surface area contributed by atoms with Crippen LogP contribution in [0.4, 0.5) is 4.39 Å². The van der Waals surface area contributed by atoms with E-state index in [9.17, 15) is 14.0 Å². The summed E-state index contributed by atoms with van der Waals surface area (Å²) < 4.78 is 13.3. The summed E-state index contributed by atoms with van der Waals surface area (Å²) in [7, 11) is 4.63. The Balaban J connectivity index is 2.77. The highest BCUT2D eigenvalue weighted by Gasteiger charge is 2.18. The summed E-state index contributed by atoms with van der Waals surface area (Å²) in [5.74, 6) is -1.46. The zero-order valence-electron chi connectivity index (χ0n) is 9.98. The van der Waals surface area contributed by atoms with Gasteiger partial charge in [0.25, 0.3) is 5.91 Å². The largest absolute Gasteiger partial charge is 0.347 e. The lowest BCUT2D eigenvalue weighted by Gasteiger charge is -2.19. The van der Waals surface area contributed by atoms with Crippen molar-refractivity contribution >= 4 is 11.8 Å². The molecular formula is C11H14FN3O2. The summed E-state index contributed by atoms with van der Waals surface area (Å²) >= 11 is 0. The molecule has 6 heteroatoms. The summed E-state index contributed by atoms with van der Waals surface area (Å²) in [6, 6.07) is 1.29. The third kappa shape index (κ3) is 3.24. The van der Waals surface area contributed by atoms with Gasteiger partial charge in [-0.05, 0) is 6.07 Å². The molecule has 0 saturated heterocycles. The SMILES string of the molecule is CN(C)C(=O)CN(C)C(=O)c1ccncc1F. The van der Waals surface area contributed by atoms with Crippen LogP contribution in [0, 0.1) is 5.82 Å². The van der Waals surface area contributed by atoms with Crippen LogP contribution in [-0.2, 0) is 4.79 Å². The molecule has 0 aliphatic heterocycles. The maximum Gasteiger partial charge on any atom is 0.257 e. The molecule has 0 aliphatic carbocycles. The second-order valence-electron chi connectivity index (χ2n) is 3.80. The van der Waals surface area contributed by atoms with E-state index in [2.05, 4.69) is 4.98 Å². The average Bonchev–Trinajstić information content (AvgIpc) is 2.28. The van der Waals surface area contributed by atoms with E-state index in [0.717, 1.165) is 6.20 Å². The van der Waals surface area contributed by atoms with Gasteiger partial charge < -0.3 is 9.80 Å². The number of amides is 2. The Bertz CT molecular complexity index is 434. The first-order valence-corrected chi connectivity index (χ1v) is 4.98. The van der Waals surface area contributed by atoms with E-state index in [1.165, 1.54) is 29.1 Å². The number of carbonyl (C=O) groups excluding carboxylic acids is 2. The van der Waals surface area contributed by atoms with Gasteiger partial charge in [-0.15, -0.1) is 0 Å². The highest BCUT2D eigenvalue weighted by molar-refractivity contribution is 5.96. The molecule has 1 rings (SSSR count). The highest BCUT2D eigenvalue weighted by atomic mass is 19.1. The number of hydrogen-bond acceptors (Lipinski definition) is 3. The minimum Gasteiger partial charge on any atom is -0.347 e. The van der Waals surface area contributed by atoms with E-state index in [1.54, 1.807) is 14.1 Å². The number of halogens is 1. The number of hydrogen-bond donors (Lipinski definition) is 0. The quantitative estimate of drug-likeness (QED) is 0.766. The smallest absolute Gasteiger partial charge is 0.257 e. The van der Waals surface area contributed by atoms with Crippen LogP contribution in [0.1, 0.15) is 10.4 Å². The molecule has 0 unspecified atom stereocenters. The van der Waals surface area contributed by atoms with Crippen LogP contribution < -0.4 is 0 Å². The molecule has 0 bridgehead atoms. The number of carbonyl (C=O) groups is 2. The molecule has 0 fully saturated rings. The number of rotatable bonds is 3. The molecule has 1 aromatic rings. The maximum atomic E-state index is 13.3. The first kappa shape index (κ1) is 13.1. The summed E-state index contributed by atoms with van der Waals surface area (Å²) in [4.78, 5) is 29.3. The zero-order valence-corrected chi connectivity index (χ0v) is 9.98. The van der Waals surface area contributed by atoms with Gasteiger partial charge in [0.2, 0.25) is 5.91 Å². The van der Waals surface area contributed by atoms with Crippen LogP contribution in [0.3, 0.4) is 0 Å². The Labute approximate surface area is 98.8 Å². The summed E-state index contributed by atoms with van der Waals surface area (Å²) in [5, 5.41) is 0. The molecule has 1 heterocycles. The fourth-order valence-corrected chi connectivity index (χ4v) is 1.17. The molecule has 0 saturated carbocycles. The van der Waals surface area contributed by atoms with Gasteiger partial charge in [-0.2, -0.15) is 0 Å². The topological polar surface area (TPSA) is 53.5 Å². The van der Waals surface area contributed by atoms with E-state index in [1.807, 2.05) is 0 Å². The van der Waals surface area contributed by atoms with E-state index in [0.29, 0.717) is 0 Å². The average molecular weight is 239 g/mol. The van der Waals surface area contributed by atoms with Crippen LogP contribution in [-0.4, -0.2) is 54.3 Å². The van der Waals surface area contributed by atoms with Crippen molar-refractivity contribution in [3.8, 4) is 0 Å². The van der Waals surface area contributed by atoms with Crippen molar-refractivity contribution in [3.05, 3.63) is 29.8 Å². The molecule has 92 valence electrons. The predicted molar refractivity (Wildman–Crippen MR) is 59.8 cm³/mol. The van der Waals surface area contributed by atoms with Crippen molar-refractivity contribution in [2.24, 2.45) is 0 Å². The normalized spacial score (nSPS) is 9.88. The Kier molecular flexibility index (Phi) is 4.14. The number of aromatic nitrogens is 1. The molecular weight excluding hydrogens is 225 g/mol. The maximum absolute atomic E-state index is 13.3. The van der Waals surface area contributed by atoms with Gasteiger partial charge in [0, 0.05) is 27.3 Å². The van der Waals surface area contributed by atoms with Crippen LogP contribution in [0.5, 0.6) is 0 Å². The molecule has 5 nitrogen and oxygen atoms in total. The van der Waals surface area contributed by atoms with Crippen LogP contribution in [0.25, 0.3) is 0 Å². The minimum atomic E-state index is -0.693. The highest BCUT2D eigenvalue weighted by Crippen LogP contribution is 2.07. The van der Waals surface area contributed by atoms with E-state index in [-0.39, 0.29) is 18.0 Å². The first-order valence-electron chi connectivity index (χ1n) is 4.98. The van der Waals surface area contributed by atoms with Gasteiger partial charge in [-0.25, -0.2) is 4.39 Å². The van der Waals surface area contributed by atoms with Crippen molar-refractivity contribution in [1.82, 2.24) is 14.8 Å². The Morgan fingerprint density at radius 2 is 2.00 bits per heavy atom.